The van der Waals surface area contributed by atoms with Crippen LogP contribution in [-0.4, -0.2) is 12.8 Å². The Morgan fingerprint density at radius 1 is 0.750 bits per heavy atom. The fourth-order valence-electron chi connectivity index (χ4n) is 1.51. The molecule has 0 atom stereocenters. The van der Waals surface area contributed by atoms with E-state index in [0.717, 1.165) is 6.54 Å². The second kappa shape index (κ2) is 8.72. The molecule has 0 aromatic heterocycles. The molecule has 12 heavy (non-hydrogen) atoms. The van der Waals surface area contributed by atoms with E-state index in [2.05, 4.69) is 11.2 Å². The predicted molar refractivity (Wildman–Crippen MR) is 55.3 cm³/mol. The zero-order valence-electron chi connectivity index (χ0n) is 8.10. The van der Waals surface area contributed by atoms with E-state index in [1.807, 2.05) is 0 Å². The number of hydrogen-bond donors (Lipinski definition) is 1. The topological polar surface area (TPSA) is 47.4 Å². The van der Waals surface area contributed by atoms with Crippen LogP contribution in [0, 0.1) is 0 Å². The van der Waals surface area contributed by atoms with Gasteiger partial charge in [0.2, 0.25) is 0 Å². The molecule has 0 amide bonds. The van der Waals surface area contributed by atoms with Gasteiger partial charge in [0.1, 0.15) is 0 Å². The van der Waals surface area contributed by atoms with Crippen molar-refractivity contribution in [3.63, 3.8) is 0 Å². The standard InChI is InChI=1S/C10H19N.H3N/c1-2-4-6-8-10-11-9-7-5-3-1;/h9H,1-8,10H2;1H3. The zero-order chi connectivity index (χ0) is 7.78. The zero-order valence-corrected chi connectivity index (χ0v) is 8.10. The molecule has 0 spiro atoms. The minimum atomic E-state index is 0. The van der Waals surface area contributed by atoms with Crippen molar-refractivity contribution < 1.29 is 0 Å². The third-order valence-electron chi connectivity index (χ3n) is 2.25. The van der Waals surface area contributed by atoms with Gasteiger partial charge in [0.15, 0.2) is 0 Å². The van der Waals surface area contributed by atoms with Crippen LogP contribution in [0.4, 0.5) is 0 Å². The Kier molecular flexibility index (Phi) is 8.46. The molecule has 0 unspecified atom stereocenters. The molecule has 0 fully saturated rings. The minimum absolute atomic E-state index is 0. The van der Waals surface area contributed by atoms with Crippen molar-refractivity contribution in [3.8, 4) is 0 Å². The third-order valence-corrected chi connectivity index (χ3v) is 2.25. The number of hydrogen-bond acceptors (Lipinski definition) is 2. The molecule has 0 saturated heterocycles. The van der Waals surface area contributed by atoms with Crippen LogP contribution in [0.3, 0.4) is 0 Å². The van der Waals surface area contributed by atoms with E-state index in [0.29, 0.717) is 0 Å². The van der Waals surface area contributed by atoms with Gasteiger partial charge in [-0.15, -0.1) is 0 Å². The maximum absolute atomic E-state index is 4.35. The lowest BCUT2D eigenvalue weighted by atomic mass is 10.1. The highest BCUT2D eigenvalue weighted by atomic mass is 14.7. The lowest BCUT2D eigenvalue weighted by Gasteiger charge is -1.97. The van der Waals surface area contributed by atoms with Gasteiger partial charge in [0.05, 0.1) is 0 Å². The van der Waals surface area contributed by atoms with Gasteiger partial charge >= 0.3 is 0 Å². The Labute approximate surface area is 76.0 Å². The Bertz CT molecular complexity index is 98.4. The Morgan fingerprint density at radius 3 is 2.08 bits per heavy atom. The molecule has 0 aromatic rings. The molecular formula is C10H22N2. The van der Waals surface area contributed by atoms with Crippen LogP contribution in [0.2, 0.25) is 0 Å². The lowest BCUT2D eigenvalue weighted by molar-refractivity contribution is 0.593. The summed E-state index contributed by atoms with van der Waals surface area (Å²) in [5, 5.41) is 0. The van der Waals surface area contributed by atoms with Crippen LogP contribution in [0.15, 0.2) is 4.99 Å². The van der Waals surface area contributed by atoms with Crippen molar-refractivity contribution in [1.29, 1.82) is 0 Å². The summed E-state index contributed by atoms with van der Waals surface area (Å²) in [5.74, 6) is 0. The fraction of sp³-hybridized carbons (Fsp3) is 0.900. The van der Waals surface area contributed by atoms with Crippen LogP contribution in [0.1, 0.15) is 51.4 Å². The molecular weight excluding hydrogens is 148 g/mol. The molecule has 1 aliphatic heterocycles. The van der Waals surface area contributed by atoms with Crippen LogP contribution < -0.4 is 6.15 Å². The normalized spacial score (nSPS) is 20.7. The molecule has 1 aliphatic rings. The smallest absolute Gasteiger partial charge is 0.0385 e. The monoisotopic (exact) mass is 170 g/mol. The summed E-state index contributed by atoms with van der Waals surface area (Å²) in [6, 6.07) is 0. The summed E-state index contributed by atoms with van der Waals surface area (Å²) in [6.45, 7) is 1.07. The average Bonchev–Trinajstić information content (AvgIpc) is 2.08. The van der Waals surface area contributed by atoms with E-state index < -0.39 is 0 Å². The predicted octanol–water partition coefficient (Wildman–Crippen LogP) is 3.35. The maximum Gasteiger partial charge on any atom is 0.0385 e. The highest BCUT2D eigenvalue weighted by Crippen LogP contribution is 2.09. The van der Waals surface area contributed by atoms with E-state index in [4.69, 9.17) is 0 Å². The van der Waals surface area contributed by atoms with Crippen molar-refractivity contribution >= 4 is 6.21 Å². The first-order valence-corrected chi connectivity index (χ1v) is 4.98. The molecule has 0 aliphatic carbocycles. The van der Waals surface area contributed by atoms with Crippen LogP contribution >= 0.6 is 0 Å². The van der Waals surface area contributed by atoms with Gasteiger partial charge in [-0.05, 0) is 25.5 Å². The maximum atomic E-state index is 4.35. The van der Waals surface area contributed by atoms with Gasteiger partial charge in [-0.2, -0.15) is 0 Å². The number of aliphatic imine (C=N–C) groups is 1. The molecule has 0 radical (unpaired) electrons. The summed E-state index contributed by atoms with van der Waals surface area (Å²) in [7, 11) is 0. The van der Waals surface area contributed by atoms with Crippen LogP contribution in [-0.2, 0) is 0 Å². The SMILES string of the molecule is C1=NCCCCCCCCC1.N. The van der Waals surface area contributed by atoms with E-state index in [1.54, 1.807) is 0 Å². The first kappa shape index (κ1) is 11.6. The summed E-state index contributed by atoms with van der Waals surface area (Å²) in [5.41, 5.74) is 0. The van der Waals surface area contributed by atoms with Gasteiger partial charge in [-0.1, -0.05) is 32.1 Å². The van der Waals surface area contributed by atoms with Crippen LogP contribution in [0.5, 0.6) is 0 Å². The molecule has 1 heterocycles. The molecule has 0 bridgehead atoms. The quantitative estimate of drug-likeness (QED) is 0.595. The summed E-state index contributed by atoms with van der Waals surface area (Å²) in [4.78, 5) is 4.35. The second-order valence-electron chi connectivity index (χ2n) is 3.35. The van der Waals surface area contributed by atoms with Crippen molar-refractivity contribution in [2.45, 2.75) is 51.4 Å². The first-order valence-electron chi connectivity index (χ1n) is 4.98. The Morgan fingerprint density at radius 2 is 1.33 bits per heavy atom. The van der Waals surface area contributed by atoms with Gasteiger partial charge in [0.25, 0.3) is 0 Å². The first-order chi connectivity index (χ1) is 5.50. The Hall–Kier alpha value is -0.370. The Balaban J connectivity index is 0.00000121. The molecule has 2 nitrogen and oxygen atoms in total. The van der Waals surface area contributed by atoms with Gasteiger partial charge < -0.3 is 6.15 Å². The highest BCUT2D eigenvalue weighted by Gasteiger charge is 1.92. The summed E-state index contributed by atoms with van der Waals surface area (Å²) >= 11 is 0. The largest absolute Gasteiger partial charge is 0.344 e. The molecule has 3 N–H and O–H groups in total. The van der Waals surface area contributed by atoms with Crippen molar-refractivity contribution in [2.24, 2.45) is 4.99 Å². The molecule has 0 aromatic carbocycles. The minimum Gasteiger partial charge on any atom is -0.344 e. The molecule has 72 valence electrons. The van der Waals surface area contributed by atoms with Crippen molar-refractivity contribution in [1.82, 2.24) is 6.15 Å². The summed E-state index contributed by atoms with van der Waals surface area (Å²) < 4.78 is 0. The molecule has 0 saturated carbocycles. The van der Waals surface area contributed by atoms with E-state index in [1.165, 1.54) is 51.4 Å². The third kappa shape index (κ3) is 6.35. The van der Waals surface area contributed by atoms with Crippen molar-refractivity contribution in [3.05, 3.63) is 0 Å². The van der Waals surface area contributed by atoms with Crippen molar-refractivity contribution in [2.75, 3.05) is 6.54 Å². The molecule has 1 rings (SSSR count). The second-order valence-corrected chi connectivity index (χ2v) is 3.35. The average molecular weight is 170 g/mol. The van der Waals surface area contributed by atoms with Gasteiger partial charge in [-0.3, -0.25) is 4.99 Å². The lowest BCUT2D eigenvalue weighted by Crippen LogP contribution is -1.82. The number of nitrogens with zero attached hydrogens (tertiary/aromatic N) is 1. The van der Waals surface area contributed by atoms with E-state index in [-0.39, 0.29) is 6.15 Å². The highest BCUT2D eigenvalue weighted by molar-refractivity contribution is 5.56. The number of rotatable bonds is 0. The molecule has 2 heteroatoms. The van der Waals surface area contributed by atoms with Gasteiger partial charge in [0, 0.05) is 6.54 Å². The summed E-state index contributed by atoms with van der Waals surface area (Å²) in [6.07, 6.45) is 13.1. The van der Waals surface area contributed by atoms with Crippen LogP contribution in [0.25, 0.3) is 0 Å². The van der Waals surface area contributed by atoms with E-state index in [9.17, 15) is 0 Å². The van der Waals surface area contributed by atoms with Gasteiger partial charge in [-0.25, -0.2) is 0 Å². The fourth-order valence-corrected chi connectivity index (χ4v) is 1.51. The van der Waals surface area contributed by atoms with E-state index >= 15 is 0 Å².